The number of esters is 1. The Balaban J connectivity index is 2.68. The fourth-order valence-corrected chi connectivity index (χ4v) is 1.70. The Morgan fingerprint density at radius 1 is 1.43 bits per heavy atom. The Hall–Kier alpha value is -1.26. The molecule has 1 heterocycles. The fourth-order valence-electron chi connectivity index (χ4n) is 1.70. The highest BCUT2D eigenvalue weighted by Crippen LogP contribution is 2.17. The van der Waals surface area contributed by atoms with Gasteiger partial charge in [0.2, 0.25) is 0 Å². The quantitative estimate of drug-likeness (QED) is 0.621. The summed E-state index contributed by atoms with van der Waals surface area (Å²) in [5, 5.41) is 2.52. The predicted octanol–water partition coefficient (Wildman–Crippen LogP) is 0.353. The molecule has 1 rings (SSSR count). The van der Waals surface area contributed by atoms with Crippen LogP contribution >= 0.6 is 0 Å². The number of piperidine rings is 1. The molecule has 0 aromatic rings. The highest BCUT2D eigenvalue weighted by Gasteiger charge is 2.32. The predicted molar refractivity (Wildman–Crippen MR) is 50.8 cm³/mol. The minimum absolute atomic E-state index is 0.208. The van der Waals surface area contributed by atoms with Crippen molar-refractivity contribution in [1.29, 1.82) is 0 Å². The molecule has 2 amide bonds. The van der Waals surface area contributed by atoms with Crippen LogP contribution in [0.2, 0.25) is 0 Å². The van der Waals surface area contributed by atoms with Gasteiger partial charge in [-0.05, 0) is 19.3 Å². The summed E-state index contributed by atoms with van der Waals surface area (Å²) in [6, 6.07) is -0.617. The number of likely N-dealkylation sites (tertiary alicyclic amines) is 1. The number of nitrogens with zero attached hydrogens (tertiary/aromatic N) is 1. The molecular weight excluding hydrogens is 184 g/mol. The van der Waals surface area contributed by atoms with Gasteiger partial charge in [-0.3, -0.25) is 0 Å². The second-order valence-electron chi connectivity index (χ2n) is 3.28. The maximum atomic E-state index is 11.4. The molecule has 1 aliphatic heterocycles. The summed E-state index contributed by atoms with van der Waals surface area (Å²) in [6.07, 6.45) is 2.61. The van der Waals surface area contributed by atoms with Crippen molar-refractivity contribution >= 4 is 12.0 Å². The third-order valence-electron chi connectivity index (χ3n) is 2.45. The van der Waals surface area contributed by atoms with Gasteiger partial charge in [-0.15, -0.1) is 0 Å². The van der Waals surface area contributed by atoms with E-state index in [1.807, 2.05) is 0 Å². The molecule has 1 fully saturated rings. The van der Waals surface area contributed by atoms with Crippen molar-refractivity contribution in [2.45, 2.75) is 25.3 Å². The van der Waals surface area contributed by atoms with E-state index < -0.39 is 6.04 Å². The summed E-state index contributed by atoms with van der Waals surface area (Å²) in [5.74, 6) is -0.326. The summed E-state index contributed by atoms with van der Waals surface area (Å²) in [5.41, 5.74) is 0. The zero-order valence-corrected chi connectivity index (χ0v) is 8.58. The molecule has 1 atom stereocenters. The Labute approximate surface area is 83.4 Å². The van der Waals surface area contributed by atoms with Crippen LogP contribution in [0.1, 0.15) is 19.3 Å². The van der Waals surface area contributed by atoms with E-state index in [2.05, 4.69) is 10.1 Å². The van der Waals surface area contributed by atoms with Crippen molar-refractivity contribution in [1.82, 2.24) is 10.2 Å². The molecule has 0 aliphatic carbocycles. The molecule has 0 aromatic carbocycles. The van der Waals surface area contributed by atoms with E-state index in [1.54, 1.807) is 7.05 Å². The first-order valence-electron chi connectivity index (χ1n) is 4.77. The molecular formula is C9H16N2O3. The lowest BCUT2D eigenvalue weighted by Gasteiger charge is -2.33. The van der Waals surface area contributed by atoms with E-state index in [4.69, 9.17) is 0 Å². The maximum absolute atomic E-state index is 11.4. The van der Waals surface area contributed by atoms with Gasteiger partial charge in [-0.2, -0.15) is 0 Å². The first kappa shape index (κ1) is 10.8. The van der Waals surface area contributed by atoms with Crippen LogP contribution in [-0.4, -0.2) is 43.6 Å². The summed E-state index contributed by atoms with van der Waals surface area (Å²) in [6.45, 7) is 0.624. The van der Waals surface area contributed by atoms with Crippen LogP contribution in [0.5, 0.6) is 0 Å². The number of carbonyl (C=O) groups excluding carboxylic acids is 2. The fraction of sp³-hybridized carbons (Fsp3) is 0.778. The third kappa shape index (κ3) is 2.16. The Morgan fingerprint density at radius 2 is 2.14 bits per heavy atom. The SMILES string of the molecule is CNC(=O)N1CCCCC1C(=O)OC. The number of rotatable bonds is 1. The van der Waals surface area contributed by atoms with Crippen LogP contribution in [-0.2, 0) is 9.53 Å². The van der Waals surface area contributed by atoms with Crippen LogP contribution in [0.3, 0.4) is 0 Å². The standard InChI is InChI=1S/C9H16N2O3/c1-10-9(13)11-6-4-3-5-7(11)8(12)14-2/h7H,3-6H2,1-2H3,(H,10,13). The van der Waals surface area contributed by atoms with E-state index in [0.717, 1.165) is 12.8 Å². The minimum Gasteiger partial charge on any atom is -0.467 e. The van der Waals surface area contributed by atoms with E-state index >= 15 is 0 Å². The number of hydrogen-bond donors (Lipinski definition) is 1. The molecule has 0 aromatic heterocycles. The summed E-state index contributed by atoms with van der Waals surface area (Å²) >= 11 is 0. The van der Waals surface area contributed by atoms with Crippen LogP contribution in [0, 0.1) is 0 Å². The molecule has 5 nitrogen and oxygen atoms in total. The van der Waals surface area contributed by atoms with Gasteiger partial charge in [0.15, 0.2) is 0 Å². The van der Waals surface area contributed by atoms with Crippen molar-refractivity contribution in [3.05, 3.63) is 0 Å². The Morgan fingerprint density at radius 3 is 2.71 bits per heavy atom. The van der Waals surface area contributed by atoms with Gasteiger partial charge in [0.1, 0.15) is 6.04 Å². The highest BCUT2D eigenvalue weighted by molar-refractivity contribution is 5.83. The molecule has 1 aliphatic rings. The summed E-state index contributed by atoms with van der Waals surface area (Å²) in [4.78, 5) is 24.3. The molecule has 5 heteroatoms. The molecule has 1 unspecified atom stereocenters. The minimum atomic E-state index is -0.409. The molecule has 1 N–H and O–H groups in total. The lowest BCUT2D eigenvalue weighted by molar-refractivity contribution is -0.146. The van der Waals surface area contributed by atoms with Crippen molar-refractivity contribution in [2.75, 3.05) is 20.7 Å². The van der Waals surface area contributed by atoms with Gasteiger partial charge in [0, 0.05) is 13.6 Å². The number of urea groups is 1. The average molecular weight is 200 g/mol. The Bertz CT molecular complexity index is 206. The van der Waals surface area contributed by atoms with Gasteiger partial charge in [0.25, 0.3) is 0 Å². The number of hydrogen-bond acceptors (Lipinski definition) is 3. The number of amides is 2. The van der Waals surface area contributed by atoms with Crippen LogP contribution < -0.4 is 5.32 Å². The molecule has 80 valence electrons. The van der Waals surface area contributed by atoms with Crippen molar-refractivity contribution in [3.63, 3.8) is 0 Å². The zero-order chi connectivity index (χ0) is 10.6. The molecule has 14 heavy (non-hydrogen) atoms. The van der Waals surface area contributed by atoms with Crippen molar-refractivity contribution < 1.29 is 14.3 Å². The number of carbonyl (C=O) groups is 2. The second kappa shape index (κ2) is 4.83. The molecule has 0 radical (unpaired) electrons. The topological polar surface area (TPSA) is 58.6 Å². The van der Waals surface area contributed by atoms with Gasteiger partial charge < -0.3 is 15.0 Å². The highest BCUT2D eigenvalue weighted by atomic mass is 16.5. The maximum Gasteiger partial charge on any atom is 0.328 e. The number of ether oxygens (including phenoxy) is 1. The molecule has 0 bridgehead atoms. The molecule has 1 saturated heterocycles. The largest absolute Gasteiger partial charge is 0.467 e. The lowest BCUT2D eigenvalue weighted by atomic mass is 10.0. The van der Waals surface area contributed by atoms with Crippen molar-refractivity contribution in [2.24, 2.45) is 0 Å². The zero-order valence-electron chi connectivity index (χ0n) is 8.58. The normalized spacial score (nSPS) is 21.6. The van der Waals surface area contributed by atoms with Gasteiger partial charge in [-0.1, -0.05) is 0 Å². The first-order valence-corrected chi connectivity index (χ1v) is 4.77. The summed E-state index contributed by atoms with van der Waals surface area (Å²) < 4.78 is 4.65. The monoisotopic (exact) mass is 200 g/mol. The van der Waals surface area contributed by atoms with E-state index in [1.165, 1.54) is 12.0 Å². The van der Waals surface area contributed by atoms with Crippen LogP contribution in [0.4, 0.5) is 4.79 Å². The van der Waals surface area contributed by atoms with Crippen LogP contribution in [0.25, 0.3) is 0 Å². The van der Waals surface area contributed by atoms with Gasteiger partial charge in [-0.25, -0.2) is 9.59 Å². The van der Waals surface area contributed by atoms with Gasteiger partial charge in [0.05, 0.1) is 7.11 Å². The first-order chi connectivity index (χ1) is 6.70. The summed E-state index contributed by atoms with van der Waals surface area (Å²) in [7, 11) is 2.91. The number of methoxy groups -OCH3 is 1. The number of nitrogens with one attached hydrogen (secondary N) is 1. The van der Waals surface area contributed by atoms with E-state index in [-0.39, 0.29) is 12.0 Å². The molecule has 0 saturated carbocycles. The van der Waals surface area contributed by atoms with E-state index in [0.29, 0.717) is 13.0 Å². The molecule has 0 spiro atoms. The van der Waals surface area contributed by atoms with Crippen molar-refractivity contribution in [3.8, 4) is 0 Å². The third-order valence-corrected chi connectivity index (χ3v) is 2.45. The van der Waals surface area contributed by atoms with Gasteiger partial charge >= 0.3 is 12.0 Å². The van der Waals surface area contributed by atoms with Crippen LogP contribution in [0.15, 0.2) is 0 Å². The Kier molecular flexibility index (Phi) is 3.73. The van der Waals surface area contributed by atoms with E-state index in [9.17, 15) is 9.59 Å². The second-order valence-corrected chi connectivity index (χ2v) is 3.28. The lowest BCUT2D eigenvalue weighted by Crippen LogP contribution is -2.51. The smallest absolute Gasteiger partial charge is 0.328 e. The average Bonchev–Trinajstić information content (AvgIpc) is 2.27.